The number of carbonyl (C=O) groups excluding carboxylic acids is 1. The minimum absolute atomic E-state index is 0.0962. The summed E-state index contributed by atoms with van der Waals surface area (Å²) >= 11 is 0. The van der Waals surface area contributed by atoms with Gasteiger partial charge in [-0.3, -0.25) is 10.6 Å². The number of hydrazine groups is 1. The molecule has 0 aliphatic rings. The number of hydrogen-bond donors (Lipinski definition) is 3. The van der Waals surface area contributed by atoms with Crippen LogP contribution in [0.4, 0.5) is 5.69 Å². The van der Waals surface area contributed by atoms with Crippen LogP contribution in [0.15, 0.2) is 24.3 Å². The Morgan fingerprint density at radius 3 is 2.63 bits per heavy atom. The zero-order valence-corrected chi connectivity index (χ0v) is 11.8. The van der Waals surface area contributed by atoms with Gasteiger partial charge >= 0.3 is 0 Å². The first kappa shape index (κ1) is 15.5. The first-order chi connectivity index (χ1) is 9.22. The first-order valence-electron chi connectivity index (χ1n) is 6.79. The van der Waals surface area contributed by atoms with Gasteiger partial charge in [0, 0.05) is 13.1 Å². The molecule has 0 aromatic heterocycles. The molecule has 1 rings (SSSR count). The Balaban J connectivity index is 2.47. The molecule has 19 heavy (non-hydrogen) atoms. The quantitative estimate of drug-likeness (QED) is 0.491. The summed E-state index contributed by atoms with van der Waals surface area (Å²) in [6.45, 7) is 7.87. The van der Waals surface area contributed by atoms with Crippen molar-refractivity contribution in [2.24, 2.45) is 5.84 Å². The molecular formula is C14H24N4O. The average Bonchev–Trinajstić information content (AvgIpc) is 2.46. The summed E-state index contributed by atoms with van der Waals surface area (Å²) in [5, 5.41) is 2.92. The molecule has 1 amide bonds. The maximum atomic E-state index is 12.0. The molecule has 0 unspecified atom stereocenters. The predicted molar refractivity (Wildman–Crippen MR) is 79.0 cm³/mol. The van der Waals surface area contributed by atoms with Gasteiger partial charge in [-0.05, 0) is 31.6 Å². The van der Waals surface area contributed by atoms with E-state index in [-0.39, 0.29) is 5.91 Å². The van der Waals surface area contributed by atoms with Crippen molar-refractivity contribution in [3.8, 4) is 0 Å². The van der Waals surface area contributed by atoms with Gasteiger partial charge in [0.2, 0.25) is 0 Å². The van der Waals surface area contributed by atoms with Crippen LogP contribution < -0.4 is 16.6 Å². The summed E-state index contributed by atoms with van der Waals surface area (Å²) in [4.78, 5) is 14.3. The van der Waals surface area contributed by atoms with E-state index in [4.69, 9.17) is 5.84 Å². The van der Waals surface area contributed by atoms with Gasteiger partial charge in [-0.1, -0.05) is 26.0 Å². The van der Waals surface area contributed by atoms with E-state index in [0.29, 0.717) is 17.8 Å². The van der Waals surface area contributed by atoms with Crippen LogP contribution in [0.25, 0.3) is 0 Å². The molecule has 0 heterocycles. The van der Waals surface area contributed by atoms with Crippen LogP contribution >= 0.6 is 0 Å². The van der Waals surface area contributed by atoms with Gasteiger partial charge in [0.1, 0.15) is 0 Å². The number of likely N-dealkylation sites (N-methyl/N-ethyl adjacent to an activating group) is 1. The topological polar surface area (TPSA) is 70.4 Å². The van der Waals surface area contributed by atoms with Gasteiger partial charge in [0.05, 0.1) is 11.3 Å². The minimum atomic E-state index is -0.0962. The second-order valence-electron chi connectivity index (χ2n) is 4.38. The van der Waals surface area contributed by atoms with Gasteiger partial charge in [0.25, 0.3) is 5.91 Å². The summed E-state index contributed by atoms with van der Waals surface area (Å²) < 4.78 is 0. The number of benzene rings is 1. The smallest absolute Gasteiger partial charge is 0.253 e. The van der Waals surface area contributed by atoms with Gasteiger partial charge in [0.15, 0.2) is 0 Å². The summed E-state index contributed by atoms with van der Waals surface area (Å²) in [5.74, 6) is 5.29. The number of nitrogens with zero attached hydrogens (tertiary/aromatic N) is 1. The van der Waals surface area contributed by atoms with E-state index in [9.17, 15) is 4.79 Å². The van der Waals surface area contributed by atoms with Crippen molar-refractivity contribution in [1.82, 2.24) is 10.2 Å². The molecule has 1 aromatic rings. The van der Waals surface area contributed by atoms with E-state index in [1.165, 1.54) is 0 Å². The molecule has 5 nitrogen and oxygen atoms in total. The van der Waals surface area contributed by atoms with Crippen molar-refractivity contribution >= 4 is 11.6 Å². The summed E-state index contributed by atoms with van der Waals surface area (Å²) in [7, 11) is 0. The zero-order valence-electron chi connectivity index (χ0n) is 11.8. The van der Waals surface area contributed by atoms with Gasteiger partial charge < -0.3 is 15.6 Å². The molecule has 1 aromatic carbocycles. The molecule has 0 saturated heterocycles. The van der Waals surface area contributed by atoms with E-state index in [1.54, 1.807) is 12.1 Å². The number of nitrogen functional groups attached to an aromatic ring is 1. The lowest BCUT2D eigenvalue weighted by Crippen LogP contribution is -2.35. The van der Waals surface area contributed by atoms with Crippen molar-refractivity contribution in [2.45, 2.75) is 20.3 Å². The Morgan fingerprint density at radius 1 is 1.26 bits per heavy atom. The van der Waals surface area contributed by atoms with Gasteiger partial charge in [-0.25, -0.2) is 0 Å². The molecule has 0 spiro atoms. The molecule has 4 N–H and O–H groups in total. The summed E-state index contributed by atoms with van der Waals surface area (Å²) in [6, 6.07) is 7.20. The number of nitrogens with two attached hydrogens (primary N) is 1. The summed E-state index contributed by atoms with van der Waals surface area (Å²) in [6.07, 6.45) is 1.13. The molecule has 0 aliphatic carbocycles. The van der Waals surface area contributed by atoms with E-state index in [1.807, 2.05) is 12.1 Å². The molecule has 0 atom stereocenters. The highest BCUT2D eigenvalue weighted by atomic mass is 16.1. The van der Waals surface area contributed by atoms with Crippen LogP contribution in [-0.2, 0) is 0 Å². The van der Waals surface area contributed by atoms with Crippen molar-refractivity contribution in [1.29, 1.82) is 0 Å². The zero-order chi connectivity index (χ0) is 14.1. The Hall–Kier alpha value is -1.59. The van der Waals surface area contributed by atoms with E-state index in [0.717, 1.165) is 26.1 Å². The molecule has 0 radical (unpaired) electrons. The number of rotatable bonds is 8. The van der Waals surface area contributed by atoms with Crippen molar-refractivity contribution in [2.75, 3.05) is 31.6 Å². The lowest BCUT2D eigenvalue weighted by molar-refractivity contribution is 0.0949. The standard InChI is InChI=1S/C14H24N4O/c1-3-10-18(4-2)11-9-16-14(19)12-7-5-6-8-13(12)17-15/h5-8,17H,3-4,9-11,15H2,1-2H3,(H,16,19). The highest BCUT2D eigenvalue weighted by Gasteiger charge is 2.09. The first-order valence-corrected chi connectivity index (χ1v) is 6.79. The van der Waals surface area contributed by atoms with Crippen LogP contribution in [0.5, 0.6) is 0 Å². The number of hydrogen-bond acceptors (Lipinski definition) is 4. The van der Waals surface area contributed by atoms with E-state index < -0.39 is 0 Å². The molecule has 0 fully saturated rings. The lowest BCUT2D eigenvalue weighted by Gasteiger charge is -2.19. The third kappa shape index (κ3) is 4.89. The van der Waals surface area contributed by atoms with Crippen molar-refractivity contribution < 1.29 is 4.79 Å². The second-order valence-corrected chi connectivity index (χ2v) is 4.38. The molecule has 0 aliphatic heterocycles. The Kier molecular flexibility index (Phi) is 6.92. The number of carbonyl (C=O) groups is 1. The SMILES string of the molecule is CCCN(CC)CCNC(=O)c1ccccc1NN. The molecule has 0 bridgehead atoms. The molecular weight excluding hydrogens is 240 g/mol. The fraction of sp³-hybridized carbons (Fsp3) is 0.500. The van der Waals surface area contributed by atoms with E-state index in [2.05, 4.69) is 29.5 Å². The molecule has 106 valence electrons. The number of nitrogens with one attached hydrogen (secondary N) is 2. The molecule has 5 heteroatoms. The monoisotopic (exact) mass is 264 g/mol. The fourth-order valence-corrected chi connectivity index (χ4v) is 1.97. The van der Waals surface area contributed by atoms with E-state index >= 15 is 0 Å². The van der Waals surface area contributed by atoms with Crippen molar-refractivity contribution in [3.63, 3.8) is 0 Å². The number of para-hydroxylation sites is 1. The number of amides is 1. The van der Waals surface area contributed by atoms with Crippen LogP contribution in [0.1, 0.15) is 30.6 Å². The minimum Gasteiger partial charge on any atom is -0.351 e. The van der Waals surface area contributed by atoms with Gasteiger partial charge in [-0.2, -0.15) is 0 Å². The number of anilines is 1. The third-order valence-electron chi connectivity index (χ3n) is 3.03. The third-order valence-corrected chi connectivity index (χ3v) is 3.03. The normalized spacial score (nSPS) is 10.5. The van der Waals surface area contributed by atoms with Crippen LogP contribution in [0, 0.1) is 0 Å². The molecule has 0 saturated carbocycles. The second kappa shape index (κ2) is 8.50. The predicted octanol–water partition coefficient (Wildman–Crippen LogP) is 1.43. The largest absolute Gasteiger partial charge is 0.351 e. The summed E-state index contributed by atoms with van der Waals surface area (Å²) in [5.41, 5.74) is 3.75. The van der Waals surface area contributed by atoms with Gasteiger partial charge in [-0.15, -0.1) is 0 Å². The maximum absolute atomic E-state index is 12.0. The van der Waals surface area contributed by atoms with Crippen molar-refractivity contribution in [3.05, 3.63) is 29.8 Å². The maximum Gasteiger partial charge on any atom is 0.253 e. The Bertz CT molecular complexity index is 395. The highest BCUT2D eigenvalue weighted by molar-refractivity contribution is 5.99. The lowest BCUT2D eigenvalue weighted by atomic mass is 10.1. The average molecular weight is 264 g/mol. The Labute approximate surface area is 115 Å². The van der Waals surface area contributed by atoms with Crippen LogP contribution in [0.3, 0.4) is 0 Å². The van der Waals surface area contributed by atoms with Crippen LogP contribution in [0.2, 0.25) is 0 Å². The fourth-order valence-electron chi connectivity index (χ4n) is 1.97. The highest BCUT2D eigenvalue weighted by Crippen LogP contribution is 2.12. The van der Waals surface area contributed by atoms with Crippen LogP contribution in [-0.4, -0.2) is 37.0 Å². The Morgan fingerprint density at radius 2 is 2.00 bits per heavy atom.